The average molecular weight is 412 g/mol. The van der Waals surface area contributed by atoms with Crippen LogP contribution in [0.4, 0.5) is 0 Å². The van der Waals surface area contributed by atoms with Crippen molar-refractivity contribution in [3.05, 3.63) is 58.6 Å². The van der Waals surface area contributed by atoms with Crippen LogP contribution >= 0.6 is 0 Å². The van der Waals surface area contributed by atoms with Gasteiger partial charge in [0, 0.05) is 6.54 Å². The number of aryl methyl sites for hydroxylation is 2. The lowest BCUT2D eigenvalue weighted by atomic mass is 9.96. The Balaban J connectivity index is 2.14. The molecule has 30 heavy (non-hydrogen) atoms. The molecule has 1 aromatic carbocycles. The van der Waals surface area contributed by atoms with Crippen LogP contribution in [0.1, 0.15) is 34.9 Å². The van der Waals surface area contributed by atoms with Crippen molar-refractivity contribution in [2.45, 2.75) is 26.3 Å². The summed E-state index contributed by atoms with van der Waals surface area (Å²) >= 11 is 0. The van der Waals surface area contributed by atoms with E-state index in [9.17, 15) is 14.7 Å². The molecule has 0 radical (unpaired) electrons. The number of rotatable bonds is 7. The van der Waals surface area contributed by atoms with Crippen LogP contribution in [0.3, 0.4) is 0 Å². The lowest BCUT2D eigenvalue weighted by molar-refractivity contribution is -0.140. The second kappa shape index (κ2) is 8.75. The molecule has 0 saturated carbocycles. The third-order valence-electron chi connectivity index (χ3n) is 5.24. The van der Waals surface area contributed by atoms with Crippen LogP contribution in [0, 0.1) is 13.8 Å². The number of amides is 1. The van der Waals surface area contributed by atoms with E-state index < -0.39 is 17.7 Å². The maximum absolute atomic E-state index is 13.0. The number of hydrogen-bond acceptors (Lipinski definition) is 6. The molecule has 2 heterocycles. The Bertz CT molecular complexity index is 976. The van der Waals surface area contributed by atoms with Crippen molar-refractivity contribution < 1.29 is 23.8 Å². The molecule has 0 spiro atoms. The number of methoxy groups -OCH3 is 1. The summed E-state index contributed by atoms with van der Waals surface area (Å²) in [5.74, 6) is -0.715. The Morgan fingerprint density at radius 2 is 2.00 bits per heavy atom. The minimum absolute atomic E-state index is 0.0168. The van der Waals surface area contributed by atoms with Crippen molar-refractivity contribution in [3.8, 4) is 5.75 Å². The molecule has 2 aromatic rings. The molecule has 1 amide bonds. The topological polar surface area (TPSA) is 83.2 Å². The summed E-state index contributed by atoms with van der Waals surface area (Å²) in [7, 11) is 5.41. The molecule has 1 fully saturated rings. The van der Waals surface area contributed by atoms with Crippen molar-refractivity contribution in [3.63, 3.8) is 0 Å². The van der Waals surface area contributed by atoms with Crippen LogP contribution in [-0.2, 0) is 9.59 Å². The first kappa shape index (κ1) is 21.6. The zero-order valence-corrected chi connectivity index (χ0v) is 18.1. The van der Waals surface area contributed by atoms with Crippen LogP contribution < -0.4 is 4.74 Å². The maximum atomic E-state index is 13.0. The highest BCUT2D eigenvalue weighted by molar-refractivity contribution is 6.46. The number of aliphatic hydroxyl groups is 1. The molecule has 160 valence electrons. The molecule has 1 atom stereocenters. The van der Waals surface area contributed by atoms with Crippen LogP contribution in [0.15, 0.2) is 40.5 Å². The SMILES string of the molecule is COc1c(C)cc(C)cc1/C(O)=C1/C(=O)C(=O)N(CCCN(C)C)C1c1ccco1. The summed E-state index contributed by atoms with van der Waals surface area (Å²) in [5.41, 5.74) is 2.14. The fourth-order valence-electron chi connectivity index (χ4n) is 3.96. The van der Waals surface area contributed by atoms with Gasteiger partial charge in [-0.3, -0.25) is 9.59 Å². The van der Waals surface area contributed by atoms with Crippen molar-refractivity contribution in [2.75, 3.05) is 34.3 Å². The highest BCUT2D eigenvalue weighted by Crippen LogP contribution is 2.41. The number of nitrogens with zero attached hydrogens (tertiary/aromatic N) is 2. The van der Waals surface area contributed by atoms with Gasteiger partial charge in [-0.15, -0.1) is 0 Å². The van der Waals surface area contributed by atoms with Crippen molar-refractivity contribution in [1.82, 2.24) is 9.80 Å². The number of hydrogen-bond donors (Lipinski definition) is 1. The Hall–Kier alpha value is -3.06. The number of ether oxygens (including phenoxy) is 1. The predicted octanol–water partition coefficient (Wildman–Crippen LogP) is 3.28. The van der Waals surface area contributed by atoms with Gasteiger partial charge in [0.15, 0.2) is 0 Å². The van der Waals surface area contributed by atoms with E-state index in [1.54, 1.807) is 18.2 Å². The number of Topliss-reactive ketones (excluding diaryl/α,β-unsaturated/α-hetero) is 1. The zero-order chi connectivity index (χ0) is 22.0. The quantitative estimate of drug-likeness (QED) is 0.427. The van der Waals surface area contributed by atoms with Gasteiger partial charge in [0.1, 0.15) is 23.3 Å². The van der Waals surface area contributed by atoms with Gasteiger partial charge in [-0.1, -0.05) is 6.07 Å². The number of carbonyl (C=O) groups is 2. The molecule has 7 nitrogen and oxygen atoms in total. The molecule has 3 rings (SSSR count). The number of likely N-dealkylation sites (tertiary alicyclic amines) is 1. The Morgan fingerprint density at radius 3 is 2.60 bits per heavy atom. The van der Waals surface area contributed by atoms with E-state index in [0.29, 0.717) is 30.0 Å². The van der Waals surface area contributed by atoms with Gasteiger partial charge in [0.05, 0.1) is 24.5 Å². The molecular formula is C23H28N2O5. The van der Waals surface area contributed by atoms with Gasteiger partial charge in [0.2, 0.25) is 0 Å². The number of ketones is 1. The maximum Gasteiger partial charge on any atom is 0.295 e. The molecule has 1 aromatic heterocycles. The first-order chi connectivity index (χ1) is 14.3. The lowest BCUT2D eigenvalue weighted by Gasteiger charge is -2.24. The fraction of sp³-hybridized carbons (Fsp3) is 0.391. The molecule has 1 aliphatic heterocycles. The molecule has 1 aliphatic rings. The van der Waals surface area contributed by atoms with Crippen LogP contribution in [0.2, 0.25) is 0 Å². The van der Waals surface area contributed by atoms with E-state index in [2.05, 4.69) is 0 Å². The molecule has 0 aliphatic carbocycles. The molecule has 1 N–H and O–H groups in total. The van der Waals surface area contributed by atoms with E-state index in [-0.39, 0.29) is 11.3 Å². The largest absolute Gasteiger partial charge is 0.507 e. The smallest absolute Gasteiger partial charge is 0.295 e. The summed E-state index contributed by atoms with van der Waals surface area (Å²) in [6.07, 6.45) is 2.18. The number of benzene rings is 1. The normalized spacial score (nSPS) is 18.5. The monoisotopic (exact) mass is 412 g/mol. The standard InChI is InChI=1S/C23H28N2O5/c1-14-12-15(2)22(29-5)16(13-14)20(26)18-19(17-8-6-11-30-17)25(23(28)21(18)27)10-7-9-24(3)4/h6,8,11-13,19,26H,7,9-10H2,1-5H3/b20-18-. The minimum Gasteiger partial charge on any atom is -0.507 e. The van der Waals surface area contributed by atoms with Gasteiger partial charge in [0.25, 0.3) is 11.7 Å². The fourth-order valence-corrected chi connectivity index (χ4v) is 3.96. The summed E-state index contributed by atoms with van der Waals surface area (Å²) in [5, 5.41) is 11.2. The Morgan fingerprint density at radius 1 is 1.27 bits per heavy atom. The number of carbonyl (C=O) groups excluding carboxylic acids is 2. The van der Waals surface area contributed by atoms with E-state index in [1.807, 2.05) is 38.9 Å². The lowest BCUT2D eigenvalue weighted by Crippen LogP contribution is -2.32. The van der Waals surface area contributed by atoms with Gasteiger partial charge >= 0.3 is 0 Å². The van der Waals surface area contributed by atoms with Crippen LogP contribution in [0.25, 0.3) is 5.76 Å². The van der Waals surface area contributed by atoms with E-state index in [0.717, 1.165) is 17.7 Å². The van der Waals surface area contributed by atoms with Crippen molar-refractivity contribution in [1.29, 1.82) is 0 Å². The van der Waals surface area contributed by atoms with Gasteiger partial charge in [-0.2, -0.15) is 0 Å². The van der Waals surface area contributed by atoms with Gasteiger partial charge in [-0.25, -0.2) is 0 Å². The van der Waals surface area contributed by atoms with E-state index in [4.69, 9.17) is 9.15 Å². The molecule has 1 unspecified atom stereocenters. The summed E-state index contributed by atoms with van der Waals surface area (Å²) in [6.45, 7) is 4.90. The van der Waals surface area contributed by atoms with E-state index in [1.165, 1.54) is 18.3 Å². The first-order valence-electron chi connectivity index (χ1n) is 9.88. The zero-order valence-electron chi connectivity index (χ0n) is 18.1. The average Bonchev–Trinajstić information content (AvgIpc) is 3.29. The molecule has 1 saturated heterocycles. The summed E-state index contributed by atoms with van der Waals surface area (Å²) in [6, 6.07) is 6.31. The Labute approximate surface area is 176 Å². The molecule has 0 bridgehead atoms. The second-order valence-electron chi connectivity index (χ2n) is 7.83. The Kier molecular flexibility index (Phi) is 6.31. The highest BCUT2D eigenvalue weighted by Gasteiger charge is 2.47. The van der Waals surface area contributed by atoms with Crippen LogP contribution in [0.5, 0.6) is 5.75 Å². The van der Waals surface area contributed by atoms with Crippen LogP contribution in [-0.4, -0.2) is 60.9 Å². The molecular weight excluding hydrogens is 384 g/mol. The van der Waals surface area contributed by atoms with Gasteiger partial charge in [-0.05, 0) is 70.2 Å². The second-order valence-corrected chi connectivity index (χ2v) is 7.83. The number of furan rings is 1. The van der Waals surface area contributed by atoms with Gasteiger partial charge < -0.3 is 24.1 Å². The third kappa shape index (κ3) is 3.98. The van der Waals surface area contributed by atoms with Crippen molar-refractivity contribution >= 4 is 17.4 Å². The third-order valence-corrected chi connectivity index (χ3v) is 5.24. The summed E-state index contributed by atoms with van der Waals surface area (Å²) < 4.78 is 11.0. The predicted molar refractivity (Wildman–Crippen MR) is 113 cm³/mol. The number of aliphatic hydroxyl groups excluding tert-OH is 1. The van der Waals surface area contributed by atoms with E-state index >= 15 is 0 Å². The molecule has 7 heteroatoms. The minimum atomic E-state index is -0.785. The first-order valence-corrected chi connectivity index (χ1v) is 9.88. The van der Waals surface area contributed by atoms with Crippen molar-refractivity contribution in [2.24, 2.45) is 0 Å². The highest BCUT2D eigenvalue weighted by atomic mass is 16.5. The summed E-state index contributed by atoms with van der Waals surface area (Å²) in [4.78, 5) is 29.4.